The molecule has 0 aromatic heterocycles. The first kappa shape index (κ1) is 20.0. The molecule has 0 amide bonds. The summed E-state index contributed by atoms with van der Waals surface area (Å²) >= 11 is 12.1. The number of carbonyl (C=O) groups is 1. The largest absolute Gasteiger partial charge is 0.312 e. The van der Waals surface area contributed by atoms with Gasteiger partial charge in [-0.15, -0.1) is 12.4 Å². The summed E-state index contributed by atoms with van der Waals surface area (Å²) in [4.78, 5) is 15.4. The van der Waals surface area contributed by atoms with Crippen LogP contribution in [0.4, 0.5) is 0 Å². The van der Waals surface area contributed by atoms with Crippen molar-refractivity contribution < 1.29 is 4.79 Å². The third-order valence-corrected chi connectivity index (χ3v) is 5.69. The maximum absolute atomic E-state index is 13.0. The molecule has 24 heavy (non-hydrogen) atoms. The fraction of sp³-hybridized carbons (Fsp3) is 0.611. The van der Waals surface area contributed by atoms with Crippen LogP contribution >= 0.6 is 35.6 Å². The van der Waals surface area contributed by atoms with Crippen LogP contribution in [0.25, 0.3) is 0 Å². The lowest BCUT2D eigenvalue weighted by Crippen LogP contribution is -2.55. The van der Waals surface area contributed by atoms with Crippen LogP contribution in [0.3, 0.4) is 0 Å². The van der Waals surface area contributed by atoms with Crippen molar-refractivity contribution in [3.8, 4) is 0 Å². The summed E-state index contributed by atoms with van der Waals surface area (Å²) in [6, 6.07) is 5.78. The van der Waals surface area contributed by atoms with Crippen LogP contribution in [0, 0.1) is 0 Å². The van der Waals surface area contributed by atoms with E-state index in [-0.39, 0.29) is 24.5 Å². The molecule has 134 valence electrons. The van der Waals surface area contributed by atoms with Gasteiger partial charge in [0.15, 0.2) is 5.78 Å². The van der Waals surface area contributed by atoms with Crippen molar-refractivity contribution in [3.05, 3.63) is 33.8 Å². The minimum atomic E-state index is -0.00717. The second-order valence-electron chi connectivity index (χ2n) is 6.64. The maximum Gasteiger partial charge on any atom is 0.155 e. The zero-order valence-corrected chi connectivity index (χ0v) is 16.1. The molecule has 3 nitrogen and oxygen atoms in total. The molecule has 0 bridgehead atoms. The summed E-state index contributed by atoms with van der Waals surface area (Å²) in [6.45, 7) is 3.10. The zero-order valence-electron chi connectivity index (χ0n) is 13.8. The molecule has 1 N–H and O–H groups in total. The fourth-order valence-electron chi connectivity index (χ4n) is 3.81. The molecule has 2 heterocycles. The summed E-state index contributed by atoms with van der Waals surface area (Å²) in [6.07, 6.45) is 6.34. The van der Waals surface area contributed by atoms with Gasteiger partial charge < -0.3 is 5.32 Å². The Morgan fingerprint density at radius 1 is 1.17 bits per heavy atom. The highest BCUT2D eigenvalue weighted by atomic mass is 35.5. The molecule has 2 aliphatic rings. The molecule has 0 spiro atoms. The van der Waals surface area contributed by atoms with Gasteiger partial charge in [0.1, 0.15) is 0 Å². The van der Waals surface area contributed by atoms with Crippen LogP contribution < -0.4 is 5.32 Å². The van der Waals surface area contributed by atoms with Crippen LogP contribution in [0.5, 0.6) is 0 Å². The lowest BCUT2D eigenvalue weighted by molar-refractivity contribution is -0.124. The van der Waals surface area contributed by atoms with Crippen molar-refractivity contribution in [2.24, 2.45) is 0 Å². The molecule has 1 aromatic rings. The Labute approximate surface area is 160 Å². The van der Waals surface area contributed by atoms with E-state index < -0.39 is 0 Å². The Kier molecular flexibility index (Phi) is 7.83. The Morgan fingerprint density at radius 3 is 2.54 bits per heavy atom. The molecule has 1 aromatic carbocycles. The van der Waals surface area contributed by atoms with E-state index in [0.29, 0.717) is 22.2 Å². The molecule has 3 rings (SSSR count). The number of benzene rings is 1. The molecule has 2 aliphatic heterocycles. The Morgan fingerprint density at radius 2 is 1.92 bits per heavy atom. The summed E-state index contributed by atoms with van der Waals surface area (Å²) in [5.74, 6) is 0.296. The predicted molar refractivity (Wildman–Crippen MR) is 103 cm³/mol. The van der Waals surface area contributed by atoms with E-state index >= 15 is 0 Å². The smallest absolute Gasteiger partial charge is 0.155 e. The number of ketones is 1. The number of rotatable bonds is 5. The van der Waals surface area contributed by atoms with Crippen LogP contribution in [0.2, 0.25) is 10.0 Å². The first-order valence-electron chi connectivity index (χ1n) is 8.59. The molecular weight excluding hydrogens is 367 g/mol. The molecule has 0 radical (unpaired) electrons. The van der Waals surface area contributed by atoms with Gasteiger partial charge in [-0.1, -0.05) is 35.7 Å². The third-order valence-electron chi connectivity index (χ3n) is 4.96. The van der Waals surface area contributed by atoms with E-state index in [1.165, 1.54) is 25.7 Å². The second-order valence-corrected chi connectivity index (χ2v) is 7.45. The monoisotopic (exact) mass is 390 g/mol. The van der Waals surface area contributed by atoms with Crippen LogP contribution in [-0.2, 0) is 11.2 Å². The third kappa shape index (κ3) is 4.86. The van der Waals surface area contributed by atoms with Crippen LogP contribution in [0.1, 0.15) is 37.7 Å². The Hall–Kier alpha value is -0.320. The Balaban J connectivity index is 0.00000208. The number of hydrogen-bond acceptors (Lipinski definition) is 3. The van der Waals surface area contributed by atoms with E-state index in [1.54, 1.807) is 6.07 Å². The van der Waals surface area contributed by atoms with Crippen molar-refractivity contribution >= 4 is 41.4 Å². The predicted octanol–water partition coefficient (Wildman–Crippen LogP) is 4.13. The molecule has 6 heteroatoms. The van der Waals surface area contributed by atoms with E-state index in [2.05, 4.69) is 10.2 Å². The number of piperidine rings is 1. The van der Waals surface area contributed by atoms with Crippen molar-refractivity contribution in [3.63, 3.8) is 0 Å². The highest BCUT2D eigenvalue weighted by molar-refractivity contribution is 6.42. The highest BCUT2D eigenvalue weighted by Crippen LogP contribution is 2.25. The van der Waals surface area contributed by atoms with Gasteiger partial charge in [0.25, 0.3) is 0 Å². The van der Waals surface area contributed by atoms with Crippen LogP contribution in [-0.4, -0.2) is 42.4 Å². The highest BCUT2D eigenvalue weighted by Gasteiger charge is 2.35. The topological polar surface area (TPSA) is 32.3 Å². The lowest BCUT2D eigenvalue weighted by Gasteiger charge is -2.36. The van der Waals surface area contributed by atoms with Gasteiger partial charge in [-0.25, -0.2) is 0 Å². The first-order chi connectivity index (χ1) is 11.1. The zero-order chi connectivity index (χ0) is 16.2. The molecule has 2 saturated heterocycles. The second kappa shape index (κ2) is 9.40. The standard InChI is InChI=1S/C18H24Cl2N2O.ClH/c19-14-7-6-13(11-15(14)20)12-17(23)18(22-9-3-4-10-22)16-5-1-2-8-21-16;/h6-7,11,16,18,21H,1-5,8-10,12H2;1H. The van der Waals surface area contributed by atoms with Gasteiger partial charge in [0, 0.05) is 12.5 Å². The number of nitrogens with one attached hydrogen (secondary N) is 1. The molecule has 2 fully saturated rings. The molecular formula is C18H25Cl3N2O. The summed E-state index contributed by atoms with van der Waals surface area (Å²) in [7, 11) is 0. The van der Waals surface area contributed by atoms with Gasteiger partial charge >= 0.3 is 0 Å². The maximum atomic E-state index is 13.0. The van der Waals surface area contributed by atoms with Gasteiger partial charge in [0.2, 0.25) is 0 Å². The van der Waals surface area contributed by atoms with Gasteiger partial charge in [-0.2, -0.15) is 0 Å². The van der Waals surface area contributed by atoms with Gasteiger partial charge in [-0.3, -0.25) is 9.69 Å². The van der Waals surface area contributed by atoms with Gasteiger partial charge in [0.05, 0.1) is 16.1 Å². The lowest BCUT2D eigenvalue weighted by atomic mass is 9.91. The van der Waals surface area contributed by atoms with Crippen molar-refractivity contribution in [1.82, 2.24) is 10.2 Å². The molecule has 2 unspecified atom stereocenters. The number of hydrogen-bond donors (Lipinski definition) is 1. The number of halogens is 3. The fourth-order valence-corrected chi connectivity index (χ4v) is 4.13. The normalized spacial score (nSPS) is 22.8. The van der Waals surface area contributed by atoms with E-state index in [0.717, 1.165) is 31.6 Å². The van der Waals surface area contributed by atoms with Gasteiger partial charge in [-0.05, 0) is 63.0 Å². The number of nitrogens with zero attached hydrogens (tertiary/aromatic N) is 1. The summed E-state index contributed by atoms with van der Waals surface area (Å²) in [5.41, 5.74) is 0.949. The average Bonchev–Trinajstić information content (AvgIpc) is 3.06. The molecule has 0 saturated carbocycles. The van der Waals surface area contributed by atoms with Crippen molar-refractivity contribution in [1.29, 1.82) is 0 Å². The average molecular weight is 392 g/mol. The summed E-state index contributed by atoms with van der Waals surface area (Å²) in [5, 5.41) is 4.63. The number of likely N-dealkylation sites (tertiary alicyclic amines) is 1. The molecule has 0 aliphatic carbocycles. The van der Waals surface area contributed by atoms with Crippen molar-refractivity contribution in [2.45, 2.75) is 50.6 Å². The quantitative estimate of drug-likeness (QED) is 0.819. The van der Waals surface area contributed by atoms with E-state index in [4.69, 9.17) is 23.2 Å². The van der Waals surface area contributed by atoms with E-state index in [9.17, 15) is 4.79 Å². The van der Waals surface area contributed by atoms with E-state index in [1.807, 2.05) is 12.1 Å². The minimum absolute atomic E-state index is 0. The number of carbonyl (C=O) groups excluding carboxylic acids is 1. The molecule has 2 atom stereocenters. The Bertz CT molecular complexity index is 555. The first-order valence-corrected chi connectivity index (χ1v) is 9.35. The summed E-state index contributed by atoms with van der Waals surface area (Å²) < 4.78 is 0. The SMILES string of the molecule is Cl.O=C(Cc1ccc(Cl)c(Cl)c1)C(C1CCCCN1)N1CCCC1. The van der Waals surface area contributed by atoms with Crippen molar-refractivity contribution in [2.75, 3.05) is 19.6 Å². The minimum Gasteiger partial charge on any atom is -0.312 e. The van der Waals surface area contributed by atoms with Crippen LogP contribution in [0.15, 0.2) is 18.2 Å². The number of Topliss-reactive ketones (excluding diaryl/α,β-unsaturated/α-hetero) is 1.